The Bertz CT molecular complexity index is 1170. The van der Waals surface area contributed by atoms with Gasteiger partial charge in [-0.2, -0.15) is 0 Å². The number of halogens is 2. The Morgan fingerprint density at radius 3 is 1.78 bits per heavy atom. The number of carboxylic acid groups (broad SMARTS) is 2. The summed E-state index contributed by atoms with van der Waals surface area (Å²) < 4.78 is 33.0. The van der Waals surface area contributed by atoms with Gasteiger partial charge in [-0.3, -0.25) is 14.5 Å². The Balaban J connectivity index is 0.000000507. The minimum absolute atomic E-state index is 0.285. The van der Waals surface area contributed by atoms with Crippen LogP contribution in [0.5, 0.6) is 0 Å². The Morgan fingerprint density at radius 1 is 0.780 bits per heavy atom. The first-order valence-corrected chi connectivity index (χ1v) is 13.5. The molecule has 0 radical (unpaired) electrons. The molecule has 41 heavy (non-hydrogen) atoms. The highest BCUT2D eigenvalue weighted by Crippen LogP contribution is 2.26. The summed E-state index contributed by atoms with van der Waals surface area (Å²) in [5, 5.41) is 15.8. The first-order chi connectivity index (χ1) is 19.8. The quantitative estimate of drug-likeness (QED) is 0.304. The normalized spacial score (nSPS) is 13.7. The van der Waals surface area contributed by atoms with E-state index in [4.69, 9.17) is 14.9 Å². The lowest BCUT2D eigenvalue weighted by atomic mass is 10.0. The molecule has 1 heterocycles. The smallest absolute Gasteiger partial charge is 0.303 e. The summed E-state index contributed by atoms with van der Waals surface area (Å²) in [6, 6.07) is 23.1. The highest BCUT2D eigenvalue weighted by atomic mass is 19.1. The van der Waals surface area contributed by atoms with E-state index in [0.717, 1.165) is 50.3 Å². The highest BCUT2D eigenvalue weighted by molar-refractivity contribution is 5.75. The minimum Gasteiger partial charge on any atom is -0.481 e. The molecule has 3 aromatic rings. The molecule has 0 unspecified atom stereocenters. The van der Waals surface area contributed by atoms with Crippen LogP contribution in [0.25, 0.3) is 0 Å². The van der Waals surface area contributed by atoms with Crippen LogP contribution < -0.4 is 0 Å². The molecule has 0 spiro atoms. The molecule has 3 aromatic carbocycles. The maximum Gasteiger partial charge on any atom is 0.303 e. The molecule has 4 rings (SSSR count). The molecular weight excluding hydrogens is 530 g/mol. The van der Waals surface area contributed by atoms with E-state index >= 15 is 0 Å². The van der Waals surface area contributed by atoms with Crippen LogP contribution in [0.3, 0.4) is 0 Å². The van der Waals surface area contributed by atoms with Crippen LogP contribution in [0.1, 0.15) is 35.6 Å². The molecule has 1 aliphatic rings. The predicted molar refractivity (Wildman–Crippen MR) is 152 cm³/mol. The molecule has 0 atom stereocenters. The number of ether oxygens (including phenoxy) is 1. The van der Waals surface area contributed by atoms with Gasteiger partial charge in [-0.15, -0.1) is 0 Å². The highest BCUT2D eigenvalue weighted by Gasteiger charge is 2.18. The van der Waals surface area contributed by atoms with Crippen molar-refractivity contribution in [3.8, 4) is 0 Å². The molecule has 7 nitrogen and oxygen atoms in total. The maximum absolute atomic E-state index is 13.4. The molecule has 0 aromatic heterocycles. The number of rotatable bonds is 12. The van der Waals surface area contributed by atoms with E-state index in [1.165, 1.54) is 29.8 Å². The van der Waals surface area contributed by atoms with E-state index in [1.807, 2.05) is 6.07 Å². The number of hydrogen-bond acceptors (Lipinski definition) is 5. The van der Waals surface area contributed by atoms with Gasteiger partial charge in [0.2, 0.25) is 0 Å². The molecule has 1 saturated heterocycles. The van der Waals surface area contributed by atoms with E-state index in [-0.39, 0.29) is 30.6 Å². The third-order valence-corrected chi connectivity index (χ3v) is 6.51. The van der Waals surface area contributed by atoms with Crippen molar-refractivity contribution in [2.24, 2.45) is 0 Å². The van der Waals surface area contributed by atoms with Crippen molar-refractivity contribution < 1.29 is 33.3 Å². The summed E-state index contributed by atoms with van der Waals surface area (Å²) in [6.45, 7) is 5.31. The van der Waals surface area contributed by atoms with Gasteiger partial charge in [0.25, 0.3) is 0 Å². The maximum atomic E-state index is 13.4. The molecule has 9 heteroatoms. The number of hydrogen-bond donors (Lipinski definition) is 2. The number of carboxylic acids is 2. The minimum atomic E-state index is -1.08. The number of carbonyl (C=O) groups is 2. The van der Waals surface area contributed by atoms with Gasteiger partial charge in [0.15, 0.2) is 0 Å². The summed E-state index contributed by atoms with van der Waals surface area (Å²) in [5.41, 5.74) is 3.04. The fourth-order valence-electron chi connectivity index (χ4n) is 4.26. The molecule has 0 aliphatic carbocycles. The van der Waals surface area contributed by atoms with Crippen molar-refractivity contribution in [3.63, 3.8) is 0 Å². The molecule has 0 bridgehead atoms. The lowest BCUT2D eigenvalue weighted by molar-refractivity contribution is -0.143. The molecule has 0 saturated carbocycles. The molecule has 2 N–H and O–H groups in total. The molecule has 0 amide bonds. The van der Waals surface area contributed by atoms with Crippen molar-refractivity contribution in [2.75, 3.05) is 39.3 Å². The second kappa shape index (κ2) is 16.9. The Hall–Kier alpha value is -4.08. The van der Waals surface area contributed by atoms with Crippen molar-refractivity contribution in [3.05, 3.63) is 119 Å². The van der Waals surface area contributed by atoms with Crippen molar-refractivity contribution in [1.29, 1.82) is 0 Å². The van der Waals surface area contributed by atoms with E-state index < -0.39 is 11.9 Å². The topological polar surface area (TPSA) is 90.3 Å². The standard InChI is InChI=1S/C28H30F2N2O.C4H6O4/c29-26-12-8-24(9-13-26)28(25-10-14-27(30)15-11-25)33-22-21-32-19-17-31(18-20-32)16-4-7-23-5-2-1-3-6-23;5-3(6)1-2-4(7)8/h1-6,8-16,28H,7,17-22H2;1-2H2,(H,5,6)(H,7,8)/b16-4+;. The predicted octanol–water partition coefficient (Wildman–Crippen LogP) is 5.38. The fourth-order valence-corrected chi connectivity index (χ4v) is 4.26. The number of allylic oxidation sites excluding steroid dienone is 1. The summed E-state index contributed by atoms with van der Waals surface area (Å²) in [4.78, 5) is 24.0. The SMILES string of the molecule is Fc1ccc(C(OCCN2CCN(/C=C/Cc3ccccc3)CC2)c2ccc(F)cc2)cc1.O=C(O)CCC(=O)O. The van der Waals surface area contributed by atoms with E-state index in [2.05, 4.69) is 46.3 Å². The van der Waals surface area contributed by atoms with Gasteiger partial charge in [-0.25, -0.2) is 8.78 Å². The van der Waals surface area contributed by atoms with Crippen LogP contribution in [0.4, 0.5) is 8.78 Å². The van der Waals surface area contributed by atoms with Crippen molar-refractivity contribution in [2.45, 2.75) is 25.4 Å². The van der Waals surface area contributed by atoms with Gasteiger partial charge in [0, 0.05) is 32.7 Å². The third-order valence-electron chi connectivity index (χ3n) is 6.51. The molecular formula is C32H36F2N2O5. The van der Waals surface area contributed by atoms with Gasteiger partial charge >= 0.3 is 11.9 Å². The summed E-state index contributed by atoms with van der Waals surface area (Å²) in [5.74, 6) is -2.72. The van der Waals surface area contributed by atoms with E-state index in [9.17, 15) is 18.4 Å². The van der Waals surface area contributed by atoms with Crippen LogP contribution in [0.15, 0.2) is 91.1 Å². The monoisotopic (exact) mass is 566 g/mol. The lowest BCUT2D eigenvalue weighted by Gasteiger charge is -2.34. The van der Waals surface area contributed by atoms with E-state index in [0.29, 0.717) is 6.61 Å². The second-order valence-corrected chi connectivity index (χ2v) is 9.59. The zero-order chi connectivity index (χ0) is 29.5. The van der Waals surface area contributed by atoms with Crippen LogP contribution in [-0.2, 0) is 20.7 Å². The average Bonchev–Trinajstić information content (AvgIpc) is 2.97. The Labute approximate surface area is 239 Å². The first-order valence-electron chi connectivity index (χ1n) is 13.5. The number of aliphatic carboxylic acids is 2. The Morgan fingerprint density at radius 2 is 1.29 bits per heavy atom. The Kier molecular flexibility index (Phi) is 13.0. The van der Waals surface area contributed by atoms with Gasteiger partial charge < -0.3 is 19.8 Å². The fraction of sp³-hybridized carbons (Fsp3) is 0.312. The number of nitrogens with zero attached hydrogens (tertiary/aromatic N) is 2. The largest absolute Gasteiger partial charge is 0.481 e. The van der Waals surface area contributed by atoms with Gasteiger partial charge in [-0.1, -0.05) is 60.7 Å². The average molecular weight is 567 g/mol. The number of benzene rings is 3. The summed E-state index contributed by atoms with van der Waals surface area (Å²) >= 11 is 0. The first kappa shape index (κ1) is 31.4. The molecule has 1 aliphatic heterocycles. The van der Waals surface area contributed by atoms with E-state index in [1.54, 1.807) is 24.3 Å². The molecule has 1 fully saturated rings. The van der Waals surface area contributed by atoms with Crippen LogP contribution >= 0.6 is 0 Å². The van der Waals surface area contributed by atoms with Crippen LogP contribution in [-0.4, -0.2) is 71.3 Å². The zero-order valence-electron chi connectivity index (χ0n) is 22.9. The van der Waals surface area contributed by atoms with Gasteiger partial charge in [-0.05, 0) is 53.6 Å². The third kappa shape index (κ3) is 11.9. The van der Waals surface area contributed by atoms with Gasteiger partial charge in [0.1, 0.15) is 17.7 Å². The lowest BCUT2D eigenvalue weighted by Crippen LogP contribution is -2.45. The summed E-state index contributed by atoms with van der Waals surface area (Å²) in [7, 11) is 0. The van der Waals surface area contributed by atoms with Crippen LogP contribution in [0, 0.1) is 11.6 Å². The van der Waals surface area contributed by atoms with Crippen LogP contribution in [0.2, 0.25) is 0 Å². The molecule has 218 valence electrons. The number of piperazine rings is 1. The van der Waals surface area contributed by atoms with Crippen molar-refractivity contribution >= 4 is 11.9 Å². The second-order valence-electron chi connectivity index (χ2n) is 9.59. The summed E-state index contributed by atoms with van der Waals surface area (Å²) in [6.07, 6.45) is 4.44. The zero-order valence-corrected chi connectivity index (χ0v) is 22.9. The van der Waals surface area contributed by atoms with Gasteiger partial charge in [0.05, 0.1) is 19.4 Å². The van der Waals surface area contributed by atoms with Crippen molar-refractivity contribution in [1.82, 2.24) is 9.80 Å².